The van der Waals surface area contributed by atoms with Gasteiger partial charge in [-0.2, -0.15) is 0 Å². The van der Waals surface area contributed by atoms with E-state index in [-0.39, 0.29) is 0 Å². The van der Waals surface area contributed by atoms with E-state index in [2.05, 4.69) is 13.8 Å². The van der Waals surface area contributed by atoms with E-state index in [1.54, 1.807) is 21.0 Å². The summed E-state index contributed by atoms with van der Waals surface area (Å²) >= 11 is 0. The number of rotatable bonds is 5. The minimum Gasteiger partial charge on any atom is -0.386 e. The van der Waals surface area contributed by atoms with Crippen molar-refractivity contribution >= 4 is 0 Å². The van der Waals surface area contributed by atoms with Crippen LogP contribution in [0.25, 0.3) is 0 Å². The lowest BCUT2D eigenvalue weighted by atomic mass is 9.94. The van der Waals surface area contributed by atoms with E-state index in [0.717, 1.165) is 0 Å². The summed E-state index contributed by atoms with van der Waals surface area (Å²) < 4.78 is 5.10. The minimum absolute atomic E-state index is 0.386. The van der Waals surface area contributed by atoms with Gasteiger partial charge in [-0.3, -0.25) is 0 Å². The van der Waals surface area contributed by atoms with Crippen molar-refractivity contribution in [3.63, 3.8) is 0 Å². The second-order valence-electron chi connectivity index (χ2n) is 4.38. The lowest BCUT2D eigenvalue weighted by Crippen LogP contribution is -2.17. The smallest absolute Gasteiger partial charge is 0.0771 e. The molecular weight excluding hydrogens is 164 g/mol. The fourth-order valence-corrected chi connectivity index (χ4v) is 1.02. The Kier molecular flexibility index (Phi) is 5.26. The fourth-order valence-electron chi connectivity index (χ4n) is 1.02. The van der Waals surface area contributed by atoms with Crippen LogP contribution in [0.3, 0.4) is 0 Å². The molecule has 0 aromatic carbocycles. The molecule has 0 spiro atoms. The van der Waals surface area contributed by atoms with Crippen LogP contribution in [0.5, 0.6) is 0 Å². The Labute approximate surface area is 81.6 Å². The van der Waals surface area contributed by atoms with E-state index in [4.69, 9.17) is 4.74 Å². The highest BCUT2D eigenvalue weighted by atomic mass is 16.5. The van der Waals surface area contributed by atoms with Crippen LogP contribution < -0.4 is 0 Å². The SMILES string of the molecule is COC[C@H](/C=C/C(C)(C)O)C(C)C. The summed E-state index contributed by atoms with van der Waals surface area (Å²) in [5.41, 5.74) is -0.721. The first-order valence-electron chi connectivity index (χ1n) is 4.77. The average Bonchev–Trinajstić information content (AvgIpc) is 1.95. The molecule has 0 aromatic rings. The zero-order valence-corrected chi connectivity index (χ0v) is 9.37. The lowest BCUT2D eigenvalue weighted by molar-refractivity contribution is 0.128. The molecule has 0 fully saturated rings. The van der Waals surface area contributed by atoms with Gasteiger partial charge in [-0.25, -0.2) is 0 Å². The molecule has 0 saturated carbocycles. The molecule has 0 unspecified atom stereocenters. The summed E-state index contributed by atoms with van der Waals surface area (Å²) in [5.74, 6) is 0.926. The van der Waals surface area contributed by atoms with Crippen molar-refractivity contribution < 1.29 is 9.84 Å². The maximum atomic E-state index is 9.49. The lowest BCUT2D eigenvalue weighted by Gasteiger charge is -2.18. The highest BCUT2D eigenvalue weighted by Crippen LogP contribution is 2.15. The molecule has 13 heavy (non-hydrogen) atoms. The molecule has 0 aliphatic carbocycles. The number of hydrogen-bond donors (Lipinski definition) is 1. The Bertz CT molecular complexity index is 154. The van der Waals surface area contributed by atoms with Gasteiger partial charge in [-0.15, -0.1) is 0 Å². The van der Waals surface area contributed by atoms with Gasteiger partial charge < -0.3 is 9.84 Å². The van der Waals surface area contributed by atoms with Crippen molar-refractivity contribution in [2.45, 2.75) is 33.3 Å². The predicted molar refractivity (Wildman–Crippen MR) is 55.6 cm³/mol. The van der Waals surface area contributed by atoms with Crippen molar-refractivity contribution in [1.29, 1.82) is 0 Å². The molecule has 0 bridgehead atoms. The highest BCUT2D eigenvalue weighted by Gasteiger charge is 2.12. The Morgan fingerprint density at radius 1 is 1.38 bits per heavy atom. The summed E-state index contributed by atoms with van der Waals surface area (Å²) in [6, 6.07) is 0. The van der Waals surface area contributed by atoms with E-state index in [1.807, 2.05) is 12.2 Å². The Morgan fingerprint density at radius 2 is 1.92 bits per heavy atom. The molecule has 0 radical (unpaired) electrons. The van der Waals surface area contributed by atoms with Gasteiger partial charge in [-0.05, 0) is 19.8 Å². The van der Waals surface area contributed by atoms with Crippen molar-refractivity contribution in [3.05, 3.63) is 12.2 Å². The van der Waals surface area contributed by atoms with E-state index in [9.17, 15) is 5.11 Å². The van der Waals surface area contributed by atoms with Gasteiger partial charge in [0.15, 0.2) is 0 Å². The zero-order chi connectivity index (χ0) is 10.5. The average molecular weight is 186 g/mol. The minimum atomic E-state index is -0.721. The molecule has 0 aliphatic rings. The summed E-state index contributed by atoms with van der Waals surface area (Å²) in [5, 5.41) is 9.49. The van der Waals surface area contributed by atoms with Gasteiger partial charge in [0.1, 0.15) is 0 Å². The van der Waals surface area contributed by atoms with Crippen LogP contribution in [0, 0.1) is 11.8 Å². The largest absolute Gasteiger partial charge is 0.386 e. The standard InChI is InChI=1S/C11H22O2/c1-9(2)10(8-13-5)6-7-11(3,4)12/h6-7,9-10,12H,8H2,1-5H3/b7-6+/t10-/m0/s1. The van der Waals surface area contributed by atoms with Crippen molar-refractivity contribution in [3.8, 4) is 0 Å². The molecule has 0 amide bonds. The van der Waals surface area contributed by atoms with Gasteiger partial charge in [0.05, 0.1) is 12.2 Å². The van der Waals surface area contributed by atoms with E-state index >= 15 is 0 Å². The summed E-state index contributed by atoms with van der Waals surface area (Å²) in [7, 11) is 1.70. The van der Waals surface area contributed by atoms with Crippen LogP contribution in [0.4, 0.5) is 0 Å². The van der Waals surface area contributed by atoms with E-state index in [1.165, 1.54) is 0 Å². The summed E-state index contributed by atoms with van der Waals surface area (Å²) in [6.45, 7) is 8.56. The molecule has 0 aromatic heterocycles. The second kappa shape index (κ2) is 5.40. The van der Waals surface area contributed by atoms with Crippen molar-refractivity contribution in [2.24, 2.45) is 11.8 Å². The van der Waals surface area contributed by atoms with Crippen LogP contribution in [0.2, 0.25) is 0 Å². The monoisotopic (exact) mass is 186 g/mol. The Balaban J connectivity index is 4.17. The van der Waals surface area contributed by atoms with Crippen LogP contribution in [-0.4, -0.2) is 24.4 Å². The van der Waals surface area contributed by atoms with E-state index < -0.39 is 5.60 Å². The third-order valence-corrected chi connectivity index (χ3v) is 1.97. The quantitative estimate of drug-likeness (QED) is 0.667. The van der Waals surface area contributed by atoms with Crippen molar-refractivity contribution in [1.82, 2.24) is 0 Å². The molecule has 0 saturated heterocycles. The first-order valence-corrected chi connectivity index (χ1v) is 4.77. The summed E-state index contributed by atoms with van der Waals surface area (Å²) in [6.07, 6.45) is 3.87. The number of ether oxygens (including phenoxy) is 1. The maximum absolute atomic E-state index is 9.49. The molecule has 0 rings (SSSR count). The van der Waals surface area contributed by atoms with Crippen LogP contribution in [-0.2, 0) is 4.74 Å². The van der Waals surface area contributed by atoms with Crippen LogP contribution >= 0.6 is 0 Å². The molecule has 78 valence electrons. The number of methoxy groups -OCH3 is 1. The highest BCUT2D eigenvalue weighted by molar-refractivity contribution is 4.99. The third-order valence-electron chi connectivity index (χ3n) is 1.97. The number of hydrogen-bond acceptors (Lipinski definition) is 2. The molecule has 2 heteroatoms. The molecule has 0 heterocycles. The van der Waals surface area contributed by atoms with Gasteiger partial charge in [0.2, 0.25) is 0 Å². The van der Waals surface area contributed by atoms with E-state index in [0.29, 0.717) is 18.4 Å². The van der Waals surface area contributed by atoms with Crippen LogP contribution in [0.1, 0.15) is 27.7 Å². The zero-order valence-electron chi connectivity index (χ0n) is 9.37. The molecule has 2 nitrogen and oxygen atoms in total. The predicted octanol–water partition coefficient (Wildman–Crippen LogP) is 2.23. The van der Waals surface area contributed by atoms with Gasteiger partial charge in [-0.1, -0.05) is 26.0 Å². The Morgan fingerprint density at radius 3 is 2.23 bits per heavy atom. The van der Waals surface area contributed by atoms with Gasteiger partial charge in [0.25, 0.3) is 0 Å². The normalized spacial score (nSPS) is 15.6. The first kappa shape index (κ1) is 12.7. The van der Waals surface area contributed by atoms with Crippen molar-refractivity contribution in [2.75, 3.05) is 13.7 Å². The topological polar surface area (TPSA) is 29.5 Å². The Hall–Kier alpha value is -0.340. The second-order valence-corrected chi connectivity index (χ2v) is 4.38. The molecule has 0 aliphatic heterocycles. The fraction of sp³-hybridized carbons (Fsp3) is 0.818. The molecular formula is C11H22O2. The van der Waals surface area contributed by atoms with Gasteiger partial charge >= 0.3 is 0 Å². The van der Waals surface area contributed by atoms with Gasteiger partial charge in [0, 0.05) is 13.0 Å². The van der Waals surface area contributed by atoms with Crippen LogP contribution in [0.15, 0.2) is 12.2 Å². The first-order chi connectivity index (χ1) is 5.87. The summed E-state index contributed by atoms with van der Waals surface area (Å²) in [4.78, 5) is 0. The third kappa shape index (κ3) is 6.79. The molecule has 1 N–H and O–H groups in total. The molecule has 1 atom stereocenters. The number of aliphatic hydroxyl groups is 1. The maximum Gasteiger partial charge on any atom is 0.0771 e.